The highest BCUT2D eigenvalue weighted by Crippen LogP contribution is 2.24. The van der Waals surface area contributed by atoms with Gasteiger partial charge >= 0.3 is 43.3 Å². The highest BCUT2D eigenvalue weighted by atomic mass is 28.4. The Morgan fingerprint density at radius 1 is 0.281 bits per heavy atom. The first-order valence-corrected chi connectivity index (χ1v) is 31.6. The van der Waals surface area contributed by atoms with Gasteiger partial charge in [0, 0.05) is 26.4 Å². The average Bonchev–Trinajstić information content (AvgIpc) is 3.21. The Kier molecular flexibility index (Phi) is 32.4. The lowest BCUT2D eigenvalue weighted by Crippen LogP contribution is -2.51. The standard InChI is InChI=1S/C40H76O12Si5/c1-13-25-41-53(9,42-26-14-2)37-21-33-49-57(50-34-22-38-54(10,43-27-15-3)44-28-16-4,51-35-23-39-55(11,45-29-17-5)46-30-18-6)52-36-24-40-56(12,47-31-19-7)48-32-20-8/h13-20H,1-8,21-40H2,9-12H3. The monoisotopic (exact) mass is 888 g/mol. The van der Waals surface area contributed by atoms with E-state index in [0.717, 1.165) is 0 Å². The Labute approximate surface area is 351 Å². The summed E-state index contributed by atoms with van der Waals surface area (Å²) in [6.07, 6.45) is 16.3. The average molecular weight is 889 g/mol. The summed E-state index contributed by atoms with van der Waals surface area (Å²) < 4.78 is 75.6. The van der Waals surface area contributed by atoms with Crippen molar-refractivity contribution >= 4 is 43.3 Å². The highest BCUT2D eigenvalue weighted by Gasteiger charge is 2.47. The van der Waals surface area contributed by atoms with Crippen LogP contribution in [0.25, 0.3) is 0 Å². The Bertz CT molecular complexity index is 923. The van der Waals surface area contributed by atoms with Crippen molar-refractivity contribution in [1.82, 2.24) is 0 Å². The van der Waals surface area contributed by atoms with Gasteiger partial charge in [-0.15, -0.1) is 52.6 Å². The minimum atomic E-state index is -3.78. The van der Waals surface area contributed by atoms with Crippen molar-refractivity contribution in [2.45, 2.75) is 76.0 Å². The van der Waals surface area contributed by atoms with E-state index in [2.05, 4.69) is 52.6 Å². The molecule has 0 aliphatic carbocycles. The minimum absolute atomic E-state index is 0.301. The first kappa shape index (κ1) is 55.5. The molecule has 0 aliphatic heterocycles. The topological polar surface area (TPSA) is 111 Å². The van der Waals surface area contributed by atoms with Crippen molar-refractivity contribution in [3.63, 3.8) is 0 Å². The Morgan fingerprint density at radius 2 is 0.439 bits per heavy atom. The van der Waals surface area contributed by atoms with Crippen LogP contribution in [0.3, 0.4) is 0 Å². The maximum Gasteiger partial charge on any atom is 0.679 e. The molecule has 57 heavy (non-hydrogen) atoms. The molecule has 12 nitrogen and oxygen atoms in total. The fourth-order valence-electron chi connectivity index (χ4n) is 5.24. The van der Waals surface area contributed by atoms with Gasteiger partial charge in [-0.05, 0) is 76.0 Å². The van der Waals surface area contributed by atoms with Gasteiger partial charge in [0.25, 0.3) is 0 Å². The summed E-state index contributed by atoms with van der Waals surface area (Å²) >= 11 is 0. The van der Waals surface area contributed by atoms with Crippen molar-refractivity contribution < 1.29 is 53.1 Å². The van der Waals surface area contributed by atoms with Crippen molar-refractivity contribution in [2.75, 3.05) is 79.3 Å². The zero-order chi connectivity index (χ0) is 42.8. The molecule has 0 atom stereocenters. The summed E-state index contributed by atoms with van der Waals surface area (Å²) in [5.41, 5.74) is 0. The summed E-state index contributed by atoms with van der Waals surface area (Å²) in [5, 5.41) is 0. The van der Waals surface area contributed by atoms with Crippen LogP contribution < -0.4 is 0 Å². The number of hydrogen-bond donors (Lipinski definition) is 0. The Balaban J connectivity index is 6.39. The van der Waals surface area contributed by atoms with Crippen LogP contribution in [-0.4, -0.2) is 123 Å². The zero-order valence-corrected chi connectivity index (χ0v) is 40.8. The molecule has 0 saturated heterocycles. The van der Waals surface area contributed by atoms with E-state index >= 15 is 0 Å². The van der Waals surface area contributed by atoms with Crippen molar-refractivity contribution in [3.8, 4) is 0 Å². The third-order valence-corrected chi connectivity index (χ3v) is 21.8. The van der Waals surface area contributed by atoms with Crippen LogP contribution in [0, 0.1) is 0 Å². The molecule has 328 valence electrons. The van der Waals surface area contributed by atoms with Crippen LogP contribution in [0.5, 0.6) is 0 Å². The predicted molar refractivity (Wildman–Crippen MR) is 243 cm³/mol. The van der Waals surface area contributed by atoms with Crippen LogP contribution in [-0.2, 0) is 53.1 Å². The lowest BCUT2D eigenvalue weighted by atomic mass is 10.5. The largest absolute Gasteiger partial charge is 0.679 e. The molecule has 0 heterocycles. The lowest BCUT2D eigenvalue weighted by molar-refractivity contribution is -0.0358. The molecule has 0 aromatic rings. The van der Waals surface area contributed by atoms with E-state index in [1.807, 2.05) is 26.2 Å². The van der Waals surface area contributed by atoms with E-state index in [1.165, 1.54) is 0 Å². The molecule has 0 saturated carbocycles. The molecular formula is C40H76O12Si5. The first-order valence-electron chi connectivity index (χ1n) is 19.9. The second kappa shape index (κ2) is 33.3. The number of rotatable bonds is 44. The fraction of sp³-hybridized carbons (Fsp3) is 0.600. The van der Waals surface area contributed by atoms with Gasteiger partial charge in [-0.2, -0.15) is 0 Å². The van der Waals surface area contributed by atoms with E-state index in [9.17, 15) is 0 Å². The molecule has 0 unspecified atom stereocenters. The summed E-state index contributed by atoms with van der Waals surface area (Å²) in [7, 11) is -14.0. The van der Waals surface area contributed by atoms with Gasteiger partial charge < -0.3 is 53.1 Å². The van der Waals surface area contributed by atoms with Gasteiger partial charge in [0.15, 0.2) is 0 Å². The van der Waals surface area contributed by atoms with Gasteiger partial charge in [0.05, 0.1) is 52.9 Å². The third-order valence-electron chi connectivity index (χ3n) is 8.27. The van der Waals surface area contributed by atoms with Crippen LogP contribution in [0.1, 0.15) is 25.7 Å². The van der Waals surface area contributed by atoms with Crippen LogP contribution in [0.4, 0.5) is 0 Å². The lowest BCUT2D eigenvalue weighted by Gasteiger charge is -2.31. The fourth-order valence-corrected chi connectivity index (χ4v) is 15.7. The van der Waals surface area contributed by atoms with E-state index in [0.29, 0.717) is 129 Å². The third kappa shape index (κ3) is 27.1. The summed E-state index contributed by atoms with van der Waals surface area (Å²) in [6, 6.07) is 2.67. The molecular weight excluding hydrogens is 813 g/mol. The van der Waals surface area contributed by atoms with Crippen LogP contribution in [0.2, 0.25) is 50.4 Å². The second-order valence-electron chi connectivity index (χ2n) is 13.6. The van der Waals surface area contributed by atoms with Gasteiger partial charge in [-0.1, -0.05) is 48.6 Å². The molecule has 0 N–H and O–H groups in total. The zero-order valence-electron chi connectivity index (χ0n) is 35.8. The van der Waals surface area contributed by atoms with E-state index in [4.69, 9.17) is 53.1 Å². The van der Waals surface area contributed by atoms with Gasteiger partial charge in [-0.3, -0.25) is 0 Å². The van der Waals surface area contributed by atoms with Gasteiger partial charge in [-0.25, -0.2) is 0 Å². The predicted octanol–water partition coefficient (Wildman–Crippen LogP) is 8.96. The molecule has 0 aromatic heterocycles. The van der Waals surface area contributed by atoms with E-state index < -0.39 is 43.3 Å². The minimum Gasteiger partial charge on any atom is -0.390 e. The Hall–Kier alpha value is -1.48. The summed E-state index contributed by atoms with van der Waals surface area (Å²) in [6.45, 7) is 42.9. The van der Waals surface area contributed by atoms with Crippen molar-refractivity contribution in [3.05, 3.63) is 101 Å². The molecule has 0 rings (SSSR count). The SMILES string of the molecule is C=CCO[Si](C)(CCCO[Si](OCCC[Si](C)(OCC=C)OCC=C)(OCCC[Si](C)(OCC=C)OCC=C)OCCC[Si](C)(OCC=C)OCC=C)OCC=C. The van der Waals surface area contributed by atoms with Gasteiger partial charge in [0.1, 0.15) is 0 Å². The number of hydrogen-bond acceptors (Lipinski definition) is 12. The van der Waals surface area contributed by atoms with Crippen LogP contribution >= 0.6 is 0 Å². The molecule has 0 spiro atoms. The van der Waals surface area contributed by atoms with E-state index in [1.54, 1.807) is 48.6 Å². The molecule has 0 bridgehead atoms. The second-order valence-corrected chi connectivity index (χ2v) is 29.2. The van der Waals surface area contributed by atoms with Crippen LogP contribution in [0.15, 0.2) is 101 Å². The maximum atomic E-state index is 6.63. The molecule has 0 fully saturated rings. The molecule has 0 aliphatic rings. The molecule has 0 radical (unpaired) electrons. The highest BCUT2D eigenvalue weighted by molar-refractivity contribution is 6.67. The van der Waals surface area contributed by atoms with Crippen molar-refractivity contribution in [2.24, 2.45) is 0 Å². The molecule has 0 aromatic carbocycles. The Morgan fingerprint density at radius 3 is 0.579 bits per heavy atom. The van der Waals surface area contributed by atoms with E-state index in [-0.39, 0.29) is 0 Å². The van der Waals surface area contributed by atoms with Gasteiger partial charge in [0.2, 0.25) is 0 Å². The smallest absolute Gasteiger partial charge is 0.390 e. The molecule has 17 heteroatoms. The quantitative estimate of drug-likeness (QED) is 0.0331. The molecule has 0 amide bonds. The maximum absolute atomic E-state index is 6.63. The summed E-state index contributed by atoms with van der Waals surface area (Å²) in [5.74, 6) is 0. The normalized spacial score (nSPS) is 12.6. The van der Waals surface area contributed by atoms with Crippen molar-refractivity contribution in [1.29, 1.82) is 0 Å². The first-order chi connectivity index (χ1) is 27.3. The summed E-state index contributed by atoms with van der Waals surface area (Å²) in [4.78, 5) is 0.